The highest BCUT2D eigenvalue weighted by Crippen LogP contribution is 2.10. The van der Waals surface area contributed by atoms with Gasteiger partial charge in [-0.25, -0.2) is 4.79 Å². The van der Waals surface area contributed by atoms with Crippen molar-refractivity contribution in [2.45, 2.75) is 13.0 Å². The van der Waals surface area contributed by atoms with Crippen LogP contribution >= 0.6 is 0 Å². The van der Waals surface area contributed by atoms with Crippen LogP contribution in [0, 0.1) is 0 Å². The van der Waals surface area contributed by atoms with Crippen LogP contribution in [0.4, 0.5) is 4.79 Å². The van der Waals surface area contributed by atoms with Crippen molar-refractivity contribution in [1.82, 2.24) is 0 Å². The number of primary amides is 1. The van der Waals surface area contributed by atoms with Gasteiger partial charge in [-0.3, -0.25) is 0 Å². The zero-order valence-corrected chi connectivity index (χ0v) is 10.3. The summed E-state index contributed by atoms with van der Waals surface area (Å²) in [4.78, 5) is 9.37. The molecular formula is C7H19NO5Si. The molecule has 0 saturated heterocycles. The Morgan fingerprint density at radius 1 is 1.14 bits per heavy atom. The van der Waals surface area contributed by atoms with Crippen LogP contribution in [0.5, 0.6) is 0 Å². The number of ether oxygens (including phenoxy) is 1. The van der Waals surface area contributed by atoms with Crippen molar-refractivity contribution >= 4 is 14.9 Å². The van der Waals surface area contributed by atoms with Gasteiger partial charge in [-0.05, 0) is 0 Å². The average molecular weight is 225 g/mol. The summed E-state index contributed by atoms with van der Waals surface area (Å²) >= 11 is 0. The number of methoxy groups -OCH3 is 1. The number of carbonyl (C=O) groups is 1. The fourth-order valence-electron chi connectivity index (χ4n) is 0.683. The van der Waals surface area contributed by atoms with Gasteiger partial charge in [0.2, 0.25) is 0 Å². The molecule has 0 aliphatic heterocycles. The SMILES string of the molecule is CC[Si](OC)(OC)OC.COC(N)=O. The van der Waals surface area contributed by atoms with E-state index in [9.17, 15) is 4.79 Å². The van der Waals surface area contributed by atoms with E-state index in [0.717, 1.165) is 6.04 Å². The number of nitrogens with two attached hydrogens (primary N) is 1. The normalized spacial score (nSPS) is 10.1. The van der Waals surface area contributed by atoms with E-state index in [1.807, 2.05) is 6.92 Å². The van der Waals surface area contributed by atoms with Crippen LogP contribution < -0.4 is 5.73 Å². The molecule has 0 unspecified atom stereocenters. The minimum Gasteiger partial charge on any atom is -0.453 e. The Morgan fingerprint density at radius 3 is 1.43 bits per heavy atom. The molecule has 7 heteroatoms. The minimum absolute atomic E-state index is 0.745. The van der Waals surface area contributed by atoms with Gasteiger partial charge >= 0.3 is 14.9 Å². The van der Waals surface area contributed by atoms with Crippen LogP contribution in [0.15, 0.2) is 0 Å². The summed E-state index contributed by atoms with van der Waals surface area (Å²) in [5.41, 5.74) is 4.43. The van der Waals surface area contributed by atoms with Crippen LogP contribution in [-0.4, -0.2) is 43.3 Å². The average Bonchev–Trinajstić information content (AvgIpc) is 2.23. The third kappa shape index (κ3) is 6.84. The van der Waals surface area contributed by atoms with Crippen molar-refractivity contribution in [2.75, 3.05) is 28.4 Å². The van der Waals surface area contributed by atoms with Crippen molar-refractivity contribution in [3.05, 3.63) is 0 Å². The maximum Gasteiger partial charge on any atom is 0.499 e. The van der Waals surface area contributed by atoms with Crippen LogP contribution in [0.25, 0.3) is 0 Å². The quantitative estimate of drug-likeness (QED) is 0.708. The lowest BCUT2D eigenvalue weighted by Crippen LogP contribution is -2.41. The van der Waals surface area contributed by atoms with Gasteiger partial charge in [-0.15, -0.1) is 0 Å². The highest BCUT2D eigenvalue weighted by molar-refractivity contribution is 6.60. The fourth-order valence-corrected chi connectivity index (χ4v) is 2.05. The first-order chi connectivity index (χ1) is 6.51. The summed E-state index contributed by atoms with van der Waals surface area (Å²) in [5.74, 6) is 0. The molecule has 0 rings (SSSR count). The summed E-state index contributed by atoms with van der Waals surface area (Å²) in [6.45, 7) is 1.99. The molecule has 0 fully saturated rings. The van der Waals surface area contributed by atoms with Gasteiger partial charge in [0.1, 0.15) is 0 Å². The van der Waals surface area contributed by atoms with Gasteiger partial charge in [-0.1, -0.05) is 6.92 Å². The summed E-state index contributed by atoms with van der Waals surface area (Å²) in [7, 11) is 3.87. The molecule has 6 nitrogen and oxygen atoms in total. The minimum atomic E-state index is -2.19. The van der Waals surface area contributed by atoms with Crippen LogP contribution in [0.3, 0.4) is 0 Å². The molecule has 1 amide bonds. The Hall–Kier alpha value is -0.633. The van der Waals surface area contributed by atoms with Gasteiger partial charge in [0.05, 0.1) is 7.11 Å². The van der Waals surface area contributed by atoms with E-state index >= 15 is 0 Å². The Kier molecular flexibility index (Phi) is 10.1. The molecule has 0 saturated carbocycles. The Morgan fingerprint density at radius 2 is 1.43 bits per heavy atom. The number of amides is 1. The van der Waals surface area contributed by atoms with Gasteiger partial charge in [-0.2, -0.15) is 0 Å². The third-order valence-electron chi connectivity index (χ3n) is 1.57. The second-order valence-corrected chi connectivity index (χ2v) is 5.47. The zero-order valence-electron chi connectivity index (χ0n) is 9.33. The summed E-state index contributed by atoms with van der Waals surface area (Å²) in [5, 5.41) is 0. The molecule has 0 aromatic heterocycles. The van der Waals surface area contributed by atoms with E-state index in [2.05, 4.69) is 10.5 Å². The molecule has 0 heterocycles. The zero-order chi connectivity index (χ0) is 11.6. The standard InChI is InChI=1S/C5H14O3Si.C2H5NO2/c1-5-9(6-2,7-3)8-4;1-5-2(3)4/h5H2,1-4H3;1H3,(H2,3,4). The largest absolute Gasteiger partial charge is 0.499 e. The molecule has 0 aliphatic rings. The Bertz CT molecular complexity index is 134. The van der Waals surface area contributed by atoms with Gasteiger partial charge in [0.25, 0.3) is 0 Å². The lowest BCUT2D eigenvalue weighted by Gasteiger charge is -2.22. The maximum atomic E-state index is 9.37. The number of hydrogen-bond acceptors (Lipinski definition) is 5. The Labute approximate surface area is 85.6 Å². The van der Waals surface area contributed by atoms with Gasteiger partial charge in [0, 0.05) is 27.4 Å². The number of hydrogen-bond donors (Lipinski definition) is 1. The van der Waals surface area contributed by atoms with Gasteiger partial charge < -0.3 is 23.7 Å². The molecular weight excluding hydrogens is 206 g/mol. The predicted molar refractivity (Wildman–Crippen MR) is 53.9 cm³/mol. The number of rotatable bonds is 4. The monoisotopic (exact) mass is 225 g/mol. The van der Waals surface area contributed by atoms with E-state index in [1.54, 1.807) is 21.3 Å². The molecule has 14 heavy (non-hydrogen) atoms. The van der Waals surface area contributed by atoms with E-state index in [-0.39, 0.29) is 0 Å². The second-order valence-electron chi connectivity index (χ2n) is 2.17. The van der Waals surface area contributed by atoms with Crippen LogP contribution in [0.2, 0.25) is 6.04 Å². The van der Waals surface area contributed by atoms with E-state index in [4.69, 9.17) is 13.3 Å². The molecule has 0 atom stereocenters. The van der Waals surface area contributed by atoms with Crippen molar-refractivity contribution in [3.8, 4) is 0 Å². The number of carbonyl (C=O) groups excluding carboxylic acids is 1. The second kappa shape index (κ2) is 8.94. The van der Waals surface area contributed by atoms with Crippen molar-refractivity contribution in [2.24, 2.45) is 5.73 Å². The lowest BCUT2D eigenvalue weighted by atomic mass is 11.0. The fraction of sp³-hybridized carbons (Fsp3) is 0.857. The van der Waals surface area contributed by atoms with Crippen LogP contribution in [0.1, 0.15) is 6.92 Å². The summed E-state index contributed by atoms with van der Waals surface area (Å²) < 4.78 is 19.1. The maximum absolute atomic E-state index is 9.37. The Balaban J connectivity index is 0. The summed E-state index contributed by atoms with van der Waals surface area (Å²) in [6.07, 6.45) is -0.745. The highest BCUT2D eigenvalue weighted by Gasteiger charge is 2.34. The molecule has 2 N–H and O–H groups in total. The topological polar surface area (TPSA) is 80.0 Å². The van der Waals surface area contributed by atoms with Crippen molar-refractivity contribution in [1.29, 1.82) is 0 Å². The van der Waals surface area contributed by atoms with Crippen molar-refractivity contribution < 1.29 is 22.8 Å². The van der Waals surface area contributed by atoms with Crippen LogP contribution in [-0.2, 0) is 18.0 Å². The molecule has 0 aromatic carbocycles. The van der Waals surface area contributed by atoms with E-state index in [1.165, 1.54) is 7.11 Å². The smallest absolute Gasteiger partial charge is 0.453 e. The van der Waals surface area contributed by atoms with Gasteiger partial charge in [0.15, 0.2) is 0 Å². The first-order valence-electron chi connectivity index (χ1n) is 4.00. The highest BCUT2D eigenvalue weighted by atomic mass is 28.4. The first kappa shape index (κ1) is 15.8. The molecule has 0 bridgehead atoms. The lowest BCUT2D eigenvalue weighted by molar-refractivity contribution is 0.125. The summed E-state index contributed by atoms with van der Waals surface area (Å²) in [6, 6.07) is 0.816. The predicted octanol–water partition coefficient (Wildman–Crippen LogP) is 0.596. The molecule has 0 aromatic rings. The third-order valence-corrected chi connectivity index (χ3v) is 4.30. The van der Waals surface area contributed by atoms with E-state index < -0.39 is 14.9 Å². The first-order valence-corrected chi connectivity index (χ1v) is 5.93. The van der Waals surface area contributed by atoms with E-state index in [0.29, 0.717) is 0 Å². The molecule has 86 valence electrons. The molecule has 0 aliphatic carbocycles. The van der Waals surface area contributed by atoms with Crippen molar-refractivity contribution in [3.63, 3.8) is 0 Å². The molecule has 0 radical (unpaired) electrons. The molecule has 0 spiro atoms.